The minimum Gasteiger partial charge on any atom is -0.444 e. The Kier molecular flexibility index (Phi) is 5.08. The first kappa shape index (κ1) is 21.1. The second kappa shape index (κ2) is 7.95. The van der Waals surface area contributed by atoms with Crippen molar-refractivity contribution in [1.29, 1.82) is 0 Å². The number of anilines is 2. The van der Waals surface area contributed by atoms with Crippen LogP contribution in [0, 0.1) is 6.92 Å². The summed E-state index contributed by atoms with van der Waals surface area (Å²) >= 11 is 0. The monoisotopic (exact) mass is 444 g/mol. The van der Waals surface area contributed by atoms with E-state index in [-0.39, 0.29) is 6.09 Å². The standard InChI is InChI=1S/C25H28N6O2/c1-16-27-14-19-6-5-18(15-31(16)19)28-21-7-10-26-23-20(21)13-22(29-23)17-8-11-30(12-9-17)24(32)33-25(2,3)4/h5-8,10,13-15H,9,11-12H2,1-4H3,(H2,26,28,29). The van der Waals surface area contributed by atoms with Crippen LogP contribution in [0.2, 0.25) is 0 Å². The highest BCUT2D eigenvalue weighted by molar-refractivity contribution is 5.94. The average molecular weight is 445 g/mol. The number of hydrogen-bond acceptors (Lipinski definition) is 5. The maximum absolute atomic E-state index is 12.3. The SMILES string of the molecule is Cc1ncc2ccc(Nc3ccnc4[nH]c(C5=CCN(C(=O)OC(C)(C)C)CC5)cc34)cn12. The highest BCUT2D eigenvalue weighted by atomic mass is 16.6. The number of rotatable bonds is 3. The number of aryl methyl sites for hydroxylation is 1. The summed E-state index contributed by atoms with van der Waals surface area (Å²) in [6.07, 6.45) is 8.28. The lowest BCUT2D eigenvalue weighted by atomic mass is 10.0. The second-order valence-electron chi connectivity index (χ2n) is 9.35. The third kappa shape index (κ3) is 4.28. The number of nitrogens with one attached hydrogen (secondary N) is 2. The van der Waals surface area contributed by atoms with Gasteiger partial charge in [0.1, 0.15) is 17.1 Å². The summed E-state index contributed by atoms with van der Waals surface area (Å²) in [5, 5.41) is 4.54. The normalized spacial score (nSPS) is 14.5. The molecule has 4 aromatic rings. The minimum atomic E-state index is -0.492. The van der Waals surface area contributed by atoms with E-state index in [2.05, 4.69) is 36.8 Å². The Morgan fingerprint density at radius 2 is 2.06 bits per heavy atom. The first-order chi connectivity index (χ1) is 15.8. The van der Waals surface area contributed by atoms with E-state index in [1.54, 1.807) is 11.1 Å². The fourth-order valence-corrected chi connectivity index (χ4v) is 4.06. The largest absolute Gasteiger partial charge is 0.444 e. The summed E-state index contributed by atoms with van der Waals surface area (Å²) in [7, 11) is 0. The van der Waals surface area contributed by atoms with Crippen molar-refractivity contribution in [2.75, 3.05) is 18.4 Å². The Morgan fingerprint density at radius 1 is 1.21 bits per heavy atom. The summed E-state index contributed by atoms with van der Waals surface area (Å²) in [4.78, 5) is 26.4. The molecule has 0 fully saturated rings. The average Bonchev–Trinajstić information content (AvgIpc) is 3.37. The molecule has 5 heterocycles. The molecule has 8 heteroatoms. The van der Waals surface area contributed by atoms with E-state index in [0.717, 1.165) is 45.9 Å². The highest BCUT2D eigenvalue weighted by Crippen LogP contribution is 2.30. The van der Waals surface area contributed by atoms with Gasteiger partial charge in [0.05, 0.1) is 23.1 Å². The van der Waals surface area contributed by atoms with Crippen molar-refractivity contribution >= 4 is 39.6 Å². The van der Waals surface area contributed by atoms with Crippen molar-refractivity contribution < 1.29 is 9.53 Å². The van der Waals surface area contributed by atoms with E-state index in [9.17, 15) is 4.79 Å². The number of carbonyl (C=O) groups excluding carboxylic acids is 1. The zero-order valence-corrected chi connectivity index (χ0v) is 19.3. The number of hydrogen-bond donors (Lipinski definition) is 2. The van der Waals surface area contributed by atoms with Gasteiger partial charge in [-0.2, -0.15) is 0 Å². The van der Waals surface area contributed by atoms with Gasteiger partial charge in [0.25, 0.3) is 0 Å². The molecule has 0 atom stereocenters. The van der Waals surface area contributed by atoms with Gasteiger partial charge in [-0.05, 0) is 64.0 Å². The van der Waals surface area contributed by atoms with Crippen LogP contribution in [-0.4, -0.2) is 49.0 Å². The van der Waals surface area contributed by atoms with Crippen LogP contribution in [0.1, 0.15) is 38.7 Å². The maximum atomic E-state index is 12.3. The molecule has 0 saturated heterocycles. The molecule has 0 saturated carbocycles. The molecule has 1 aliphatic rings. The fourth-order valence-electron chi connectivity index (χ4n) is 4.06. The number of aromatic nitrogens is 4. The van der Waals surface area contributed by atoms with Gasteiger partial charge in [-0.1, -0.05) is 6.08 Å². The fraction of sp³-hybridized carbons (Fsp3) is 0.320. The molecule has 33 heavy (non-hydrogen) atoms. The van der Waals surface area contributed by atoms with E-state index in [0.29, 0.717) is 13.1 Å². The molecule has 0 aliphatic carbocycles. The molecule has 170 valence electrons. The molecule has 0 spiro atoms. The van der Waals surface area contributed by atoms with Crippen LogP contribution >= 0.6 is 0 Å². The van der Waals surface area contributed by atoms with Gasteiger partial charge in [-0.25, -0.2) is 14.8 Å². The summed E-state index contributed by atoms with van der Waals surface area (Å²) in [6.45, 7) is 8.79. The Labute approximate surface area is 192 Å². The summed E-state index contributed by atoms with van der Waals surface area (Å²) in [5.41, 5.74) is 5.55. The third-order valence-corrected chi connectivity index (χ3v) is 5.73. The van der Waals surface area contributed by atoms with Crippen LogP contribution in [0.5, 0.6) is 0 Å². The van der Waals surface area contributed by atoms with Crippen molar-refractivity contribution in [3.05, 3.63) is 60.5 Å². The minimum absolute atomic E-state index is 0.271. The first-order valence-electron chi connectivity index (χ1n) is 11.1. The molecular weight excluding hydrogens is 416 g/mol. The molecule has 5 rings (SSSR count). The van der Waals surface area contributed by atoms with E-state index < -0.39 is 5.60 Å². The van der Waals surface area contributed by atoms with Gasteiger partial charge in [0.2, 0.25) is 0 Å². The summed E-state index contributed by atoms with van der Waals surface area (Å²) < 4.78 is 7.56. The van der Waals surface area contributed by atoms with E-state index in [1.807, 2.05) is 58.3 Å². The van der Waals surface area contributed by atoms with Gasteiger partial charge in [0.15, 0.2) is 0 Å². The number of nitrogens with zero attached hydrogens (tertiary/aromatic N) is 4. The zero-order chi connectivity index (χ0) is 23.2. The van der Waals surface area contributed by atoms with Crippen LogP contribution in [0.15, 0.2) is 48.9 Å². The predicted molar refractivity (Wildman–Crippen MR) is 130 cm³/mol. The molecule has 4 aromatic heterocycles. The Balaban J connectivity index is 1.37. The molecule has 0 radical (unpaired) electrons. The van der Waals surface area contributed by atoms with Crippen LogP contribution < -0.4 is 5.32 Å². The molecular formula is C25H28N6O2. The number of H-pyrrole nitrogens is 1. The van der Waals surface area contributed by atoms with Gasteiger partial charge in [0, 0.05) is 36.6 Å². The number of fused-ring (bicyclic) bond motifs is 2. The lowest BCUT2D eigenvalue weighted by molar-refractivity contribution is 0.0270. The Morgan fingerprint density at radius 3 is 2.82 bits per heavy atom. The number of aromatic amines is 1. The molecule has 0 aromatic carbocycles. The highest BCUT2D eigenvalue weighted by Gasteiger charge is 2.24. The van der Waals surface area contributed by atoms with Crippen molar-refractivity contribution in [2.24, 2.45) is 0 Å². The first-order valence-corrected chi connectivity index (χ1v) is 11.1. The number of carbonyl (C=O) groups is 1. The van der Waals surface area contributed by atoms with E-state index in [4.69, 9.17) is 4.74 Å². The summed E-state index contributed by atoms with van der Waals surface area (Å²) in [5.74, 6) is 0.946. The van der Waals surface area contributed by atoms with Crippen molar-refractivity contribution in [3.63, 3.8) is 0 Å². The van der Waals surface area contributed by atoms with E-state index >= 15 is 0 Å². The maximum Gasteiger partial charge on any atom is 0.410 e. The van der Waals surface area contributed by atoms with Gasteiger partial charge in [-0.3, -0.25) is 0 Å². The van der Waals surface area contributed by atoms with Crippen molar-refractivity contribution in [1.82, 2.24) is 24.3 Å². The van der Waals surface area contributed by atoms with Crippen molar-refractivity contribution in [3.8, 4) is 0 Å². The predicted octanol–water partition coefficient (Wildman–Crippen LogP) is 5.29. The molecule has 0 unspecified atom stereocenters. The van der Waals surface area contributed by atoms with Gasteiger partial charge >= 0.3 is 6.09 Å². The van der Waals surface area contributed by atoms with Gasteiger partial charge < -0.3 is 24.3 Å². The molecule has 1 aliphatic heterocycles. The van der Waals surface area contributed by atoms with Crippen LogP contribution in [0.4, 0.5) is 16.2 Å². The number of imidazole rings is 1. The van der Waals surface area contributed by atoms with Crippen molar-refractivity contribution in [2.45, 2.75) is 39.7 Å². The molecule has 1 amide bonds. The zero-order valence-electron chi connectivity index (χ0n) is 19.3. The van der Waals surface area contributed by atoms with Gasteiger partial charge in [-0.15, -0.1) is 0 Å². The second-order valence-corrected chi connectivity index (χ2v) is 9.35. The molecule has 2 N–H and O–H groups in total. The van der Waals surface area contributed by atoms with E-state index in [1.165, 1.54) is 5.57 Å². The number of pyridine rings is 2. The Hall–Kier alpha value is -3.81. The smallest absolute Gasteiger partial charge is 0.410 e. The topological polar surface area (TPSA) is 87.5 Å². The number of ether oxygens (including phenoxy) is 1. The third-order valence-electron chi connectivity index (χ3n) is 5.73. The molecule has 8 nitrogen and oxygen atoms in total. The quantitative estimate of drug-likeness (QED) is 0.448. The summed E-state index contributed by atoms with van der Waals surface area (Å²) in [6, 6.07) is 8.20. The van der Waals surface area contributed by atoms with Crippen LogP contribution in [0.3, 0.4) is 0 Å². The number of amides is 1. The Bertz CT molecular complexity index is 1370. The lowest BCUT2D eigenvalue weighted by Crippen LogP contribution is -2.39. The van der Waals surface area contributed by atoms with Crippen LogP contribution in [-0.2, 0) is 4.74 Å². The lowest BCUT2D eigenvalue weighted by Gasteiger charge is -2.29. The van der Waals surface area contributed by atoms with Crippen LogP contribution in [0.25, 0.3) is 22.1 Å². The molecule has 0 bridgehead atoms.